The second-order valence-corrected chi connectivity index (χ2v) is 16.9. The fourth-order valence-corrected chi connectivity index (χ4v) is 12.2. The first-order valence-corrected chi connectivity index (χ1v) is 17.2. The highest BCUT2D eigenvalue weighted by Crippen LogP contribution is 2.75. The lowest BCUT2D eigenvalue weighted by molar-refractivity contribution is -0.204. The SMILES string of the molecule is C[C@H]1[C@H](C)CC[C@]2(C(=O)CCc3ccc(C#N)cc3)CC[C@]3(C)C(=CC[C@@H]4[C@@]5(C)CC[C@H](O)C(C)(C)[C@@H]5CC[C@]43C)[C@H]12. The first-order valence-electron chi connectivity index (χ1n) is 17.2. The fraction of sp³-hybridized carbons (Fsp3) is 0.744. The molecule has 4 fully saturated rings. The second-order valence-electron chi connectivity index (χ2n) is 16.9. The molecule has 1 N–H and O–H groups in total. The van der Waals surface area contributed by atoms with E-state index in [4.69, 9.17) is 0 Å². The maximum absolute atomic E-state index is 14.5. The first kappa shape index (κ1) is 30.1. The van der Waals surface area contributed by atoms with Gasteiger partial charge in [0.25, 0.3) is 0 Å². The summed E-state index contributed by atoms with van der Waals surface area (Å²) in [6.07, 6.45) is 13.8. The normalized spacial score (nSPS) is 45.7. The van der Waals surface area contributed by atoms with E-state index in [1.807, 2.05) is 24.3 Å². The minimum atomic E-state index is -0.231. The van der Waals surface area contributed by atoms with Crippen molar-refractivity contribution in [3.63, 3.8) is 0 Å². The number of hydrogen-bond donors (Lipinski definition) is 1. The van der Waals surface area contributed by atoms with Crippen LogP contribution in [0.1, 0.15) is 124 Å². The van der Waals surface area contributed by atoms with Gasteiger partial charge in [-0.3, -0.25) is 4.79 Å². The van der Waals surface area contributed by atoms with Crippen molar-refractivity contribution in [3.05, 3.63) is 47.0 Å². The van der Waals surface area contributed by atoms with E-state index in [0.29, 0.717) is 47.4 Å². The summed E-state index contributed by atoms with van der Waals surface area (Å²) in [7, 11) is 0. The van der Waals surface area contributed by atoms with Crippen molar-refractivity contribution in [2.24, 2.45) is 56.7 Å². The van der Waals surface area contributed by atoms with Crippen LogP contribution in [-0.2, 0) is 11.2 Å². The van der Waals surface area contributed by atoms with Crippen LogP contribution < -0.4 is 0 Å². The Morgan fingerprint density at radius 1 is 0.929 bits per heavy atom. The quantitative estimate of drug-likeness (QED) is 0.368. The van der Waals surface area contributed by atoms with Crippen LogP contribution in [0.4, 0.5) is 0 Å². The monoisotopic (exact) mass is 569 g/mol. The van der Waals surface area contributed by atoms with E-state index in [1.165, 1.54) is 12.8 Å². The molecule has 0 amide bonds. The van der Waals surface area contributed by atoms with Crippen LogP contribution >= 0.6 is 0 Å². The maximum Gasteiger partial charge on any atom is 0.139 e. The van der Waals surface area contributed by atoms with Crippen molar-refractivity contribution in [2.75, 3.05) is 0 Å². The molecule has 0 spiro atoms. The van der Waals surface area contributed by atoms with Crippen LogP contribution in [0.5, 0.6) is 0 Å². The molecule has 6 rings (SSSR count). The van der Waals surface area contributed by atoms with Crippen molar-refractivity contribution in [2.45, 2.75) is 125 Å². The molecule has 0 unspecified atom stereocenters. The van der Waals surface area contributed by atoms with Crippen molar-refractivity contribution >= 4 is 5.78 Å². The number of fused-ring (bicyclic) bond motifs is 7. The van der Waals surface area contributed by atoms with Gasteiger partial charge in [0.2, 0.25) is 0 Å². The smallest absolute Gasteiger partial charge is 0.139 e. The van der Waals surface area contributed by atoms with E-state index in [-0.39, 0.29) is 33.2 Å². The third-order valence-corrected chi connectivity index (χ3v) is 15.2. The summed E-state index contributed by atoms with van der Waals surface area (Å²) in [5.74, 6) is 3.17. The molecule has 5 aliphatic rings. The van der Waals surface area contributed by atoms with Crippen LogP contribution in [0.25, 0.3) is 0 Å². The van der Waals surface area contributed by atoms with E-state index in [2.05, 4.69) is 60.6 Å². The first-order chi connectivity index (χ1) is 19.7. The van der Waals surface area contributed by atoms with E-state index in [9.17, 15) is 15.2 Å². The molecule has 1 aromatic carbocycles. The number of ketones is 1. The highest BCUT2D eigenvalue weighted by molar-refractivity contribution is 5.86. The number of benzene rings is 1. The van der Waals surface area contributed by atoms with E-state index < -0.39 is 0 Å². The summed E-state index contributed by atoms with van der Waals surface area (Å²) < 4.78 is 0. The average Bonchev–Trinajstić information content (AvgIpc) is 2.96. The van der Waals surface area contributed by atoms with Crippen LogP contribution in [-0.4, -0.2) is 17.0 Å². The zero-order valence-electron chi connectivity index (χ0n) is 27.4. The number of Topliss-reactive ketones (excluding diaryl/α,β-unsaturated/α-hetero) is 1. The molecule has 10 atom stereocenters. The van der Waals surface area contributed by atoms with Crippen LogP contribution in [0, 0.1) is 68.0 Å². The van der Waals surface area contributed by atoms with Gasteiger partial charge < -0.3 is 5.11 Å². The lowest BCUT2D eigenvalue weighted by atomic mass is 9.33. The van der Waals surface area contributed by atoms with Gasteiger partial charge in [-0.15, -0.1) is 0 Å². The number of hydrogen-bond acceptors (Lipinski definition) is 3. The van der Waals surface area contributed by atoms with Gasteiger partial charge in [-0.05, 0) is 133 Å². The number of allylic oxidation sites excluding steroid dienone is 2. The Morgan fingerprint density at radius 2 is 1.64 bits per heavy atom. The van der Waals surface area contributed by atoms with E-state index in [1.54, 1.807) is 5.57 Å². The number of aliphatic hydroxyl groups excluding tert-OH is 1. The Labute approximate surface area is 255 Å². The van der Waals surface area contributed by atoms with Crippen LogP contribution in [0.2, 0.25) is 0 Å². The van der Waals surface area contributed by atoms with Gasteiger partial charge in [-0.1, -0.05) is 72.2 Å². The van der Waals surface area contributed by atoms with Crippen molar-refractivity contribution in [1.82, 2.24) is 0 Å². The molecule has 0 saturated heterocycles. The molecule has 0 heterocycles. The Kier molecular flexibility index (Phi) is 7.21. The van der Waals surface area contributed by atoms with Crippen molar-refractivity contribution in [3.8, 4) is 6.07 Å². The third-order valence-electron chi connectivity index (χ3n) is 15.2. The summed E-state index contributed by atoms with van der Waals surface area (Å²) >= 11 is 0. The Morgan fingerprint density at radius 3 is 2.33 bits per heavy atom. The van der Waals surface area contributed by atoms with Gasteiger partial charge in [0, 0.05) is 11.8 Å². The number of nitrogens with zero attached hydrogens (tertiary/aromatic N) is 1. The van der Waals surface area contributed by atoms with Crippen molar-refractivity contribution < 1.29 is 9.90 Å². The molecule has 0 bridgehead atoms. The molecule has 3 heteroatoms. The molecule has 0 radical (unpaired) electrons. The molecular weight excluding hydrogens is 514 g/mol. The lowest BCUT2D eigenvalue weighted by Crippen LogP contribution is -2.65. The minimum absolute atomic E-state index is 0.0321. The predicted octanol–water partition coefficient (Wildman–Crippen LogP) is 9.08. The van der Waals surface area contributed by atoms with Crippen LogP contribution in [0.15, 0.2) is 35.9 Å². The number of carbonyl (C=O) groups is 1. The predicted molar refractivity (Wildman–Crippen MR) is 169 cm³/mol. The zero-order valence-corrected chi connectivity index (χ0v) is 27.4. The second kappa shape index (κ2) is 10.1. The highest BCUT2D eigenvalue weighted by atomic mass is 16.3. The lowest BCUT2D eigenvalue weighted by Gasteiger charge is -2.71. The average molecular weight is 570 g/mol. The zero-order chi connectivity index (χ0) is 30.3. The molecule has 0 aromatic heterocycles. The van der Waals surface area contributed by atoms with E-state index in [0.717, 1.165) is 56.9 Å². The number of aryl methyl sites for hydroxylation is 1. The number of carbonyl (C=O) groups excluding carboxylic acids is 1. The summed E-state index contributed by atoms with van der Waals surface area (Å²) in [5, 5.41) is 20.2. The highest BCUT2D eigenvalue weighted by Gasteiger charge is 2.69. The van der Waals surface area contributed by atoms with Gasteiger partial charge in [0.1, 0.15) is 5.78 Å². The summed E-state index contributed by atoms with van der Waals surface area (Å²) in [6.45, 7) is 17.4. The molecule has 3 nitrogen and oxygen atoms in total. The molecule has 0 aliphatic heterocycles. The van der Waals surface area contributed by atoms with Gasteiger partial charge in [-0.2, -0.15) is 5.26 Å². The summed E-state index contributed by atoms with van der Waals surface area (Å²) in [5.41, 5.74) is 3.81. The standard InChI is InChI=1S/C39H55NO2/c1-25-16-21-39(33(42)15-12-27-8-10-28(24-40)11-9-27)23-22-37(6)29(34(39)26(25)2)13-14-31-36(5)19-18-32(41)35(3,4)30(36)17-20-38(31,37)7/h8-11,13,25-26,30-32,34,41H,12,14-23H2,1-7H3/t25-,26+,30+,31-,32+,34+,36+,37-,38-,39-/m1/s1. The summed E-state index contributed by atoms with van der Waals surface area (Å²) in [4.78, 5) is 14.5. The molecule has 5 aliphatic carbocycles. The Bertz CT molecular complexity index is 1300. The Balaban J connectivity index is 1.35. The molecule has 1 aromatic rings. The van der Waals surface area contributed by atoms with E-state index >= 15 is 0 Å². The Hall–Kier alpha value is -1.92. The van der Waals surface area contributed by atoms with Gasteiger partial charge >= 0.3 is 0 Å². The van der Waals surface area contributed by atoms with Gasteiger partial charge in [-0.25, -0.2) is 0 Å². The molecule has 228 valence electrons. The van der Waals surface area contributed by atoms with Gasteiger partial charge in [0.05, 0.1) is 17.7 Å². The minimum Gasteiger partial charge on any atom is -0.393 e. The molecule has 4 saturated carbocycles. The topological polar surface area (TPSA) is 61.1 Å². The number of aliphatic hydroxyl groups is 1. The molecule has 42 heavy (non-hydrogen) atoms. The number of rotatable bonds is 4. The third kappa shape index (κ3) is 4.02. The molecular formula is C39H55NO2. The summed E-state index contributed by atoms with van der Waals surface area (Å²) in [6, 6.07) is 10.0. The van der Waals surface area contributed by atoms with Crippen LogP contribution in [0.3, 0.4) is 0 Å². The maximum atomic E-state index is 14.5. The fourth-order valence-electron chi connectivity index (χ4n) is 12.2. The van der Waals surface area contributed by atoms with Crippen molar-refractivity contribution in [1.29, 1.82) is 5.26 Å². The number of nitriles is 1. The van der Waals surface area contributed by atoms with Gasteiger partial charge in [0.15, 0.2) is 0 Å². The largest absolute Gasteiger partial charge is 0.393 e.